The van der Waals surface area contributed by atoms with Gasteiger partial charge in [-0.3, -0.25) is 0 Å². The van der Waals surface area contributed by atoms with Gasteiger partial charge < -0.3 is 5.73 Å². The van der Waals surface area contributed by atoms with Crippen LogP contribution in [0.15, 0.2) is 24.3 Å². The molecule has 0 unspecified atom stereocenters. The number of nitrogens with two attached hydrogens (primary N) is 1. The third-order valence-corrected chi connectivity index (χ3v) is 2.05. The van der Waals surface area contributed by atoms with E-state index in [-0.39, 0.29) is 6.04 Å². The highest BCUT2D eigenvalue weighted by molar-refractivity contribution is 6.30. The van der Waals surface area contributed by atoms with Crippen LogP contribution in [0.25, 0.3) is 0 Å². The van der Waals surface area contributed by atoms with Crippen LogP contribution in [0.3, 0.4) is 0 Å². The van der Waals surface area contributed by atoms with Crippen molar-refractivity contribution >= 4 is 23.2 Å². The van der Waals surface area contributed by atoms with E-state index in [4.69, 9.17) is 28.9 Å². The molecule has 1 atom stereocenters. The molecule has 0 bridgehead atoms. The van der Waals surface area contributed by atoms with Gasteiger partial charge in [-0.15, -0.1) is 11.6 Å². The Kier molecular flexibility index (Phi) is 3.18. The van der Waals surface area contributed by atoms with Crippen molar-refractivity contribution in [3.05, 3.63) is 34.9 Å². The number of hydrogen-bond acceptors (Lipinski definition) is 1. The molecule has 1 aromatic carbocycles. The largest absolute Gasteiger partial charge is 0.323 e. The molecular weight excluding hydrogens is 181 g/mol. The average Bonchev–Trinajstić information content (AvgIpc) is 2.05. The number of benzene rings is 1. The molecule has 3 heteroatoms. The van der Waals surface area contributed by atoms with Crippen molar-refractivity contribution in [3.8, 4) is 0 Å². The lowest BCUT2D eigenvalue weighted by Crippen LogP contribution is -2.10. The van der Waals surface area contributed by atoms with Crippen LogP contribution in [0.1, 0.15) is 11.6 Å². The Labute approximate surface area is 76.1 Å². The smallest absolute Gasteiger partial charge is 0.0432 e. The zero-order chi connectivity index (χ0) is 8.27. The molecule has 0 aliphatic carbocycles. The standard InChI is InChI=1S/C8H9Cl2N/c9-5-8(11)6-1-3-7(10)4-2-6/h1-4,8H,5,11H2/t8-/m0/s1. The fraction of sp³-hybridized carbons (Fsp3) is 0.250. The zero-order valence-electron chi connectivity index (χ0n) is 5.93. The maximum atomic E-state index is 5.69. The van der Waals surface area contributed by atoms with E-state index >= 15 is 0 Å². The molecule has 0 heterocycles. The Morgan fingerprint density at radius 2 is 1.82 bits per heavy atom. The van der Waals surface area contributed by atoms with Gasteiger partial charge in [0.2, 0.25) is 0 Å². The average molecular weight is 190 g/mol. The molecule has 0 aliphatic heterocycles. The maximum Gasteiger partial charge on any atom is 0.0432 e. The molecule has 60 valence electrons. The minimum atomic E-state index is -0.0890. The van der Waals surface area contributed by atoms with Crippen molar-refractivity contribution in [2.45, 2.75) is 6.04 Å². The first-order valence-electron chi connectivity index (χ1n) is 3.31. The first kappa shape index (κ1) is 8.85. The predicted molar refractivity (Wildman–Crippen MR) is 49.1 cm³/mol. The van der Waals surface area contributed by atoms with E-state index in [9.17, 15) is 0 Å². The third kappa shape index (κ3) is 2.37. The highest BCUT2D eigenvalue weighted by Crippen LogP contribution is 2.15. The van der Waals surface area contributed by atoms with E-state index in [1.165, 1.54) is 0 Å². The summed E-state index contributed by atoms with van der Waals surface area (Å²) in [6, 6.07) is 7.30. The fourth-order valence-electron chi connectivity index (χ4n) is 0.799. The minimum absolute atomic E-state index is 0.0890. The topological polar surface area (TPSA) is 26.0 Å². The van der Waals surface area contributed by atoms with Crippen LogP contribution < -0.4 is 5.73 Å². The van der Waals surface area contributed by atoms with E-state index in [2.05, 4.69) is 0 Å². The second-order valence-electron chi connectivity index (χ2n) is 2.31. The number of halogens is 2. The van der Waals surface area contributed by atoms with Crippen LogP contribution in [0.4, 0.5) is 0 Å². The number of alkyl halides is 1. The molecular formula is C8H9Cl2N. The van der Waals surface area contributed by atoms with Crippen LogP contribution in [-0.4, -0.2) is 5.88 Å². The summed E-state index contributed by atoms with van der Waals surface area (Å²) < 4.78 is 0. The Hall–Kier alpha value is -0.240. The van der Waals surface area contributed by atoms with Gasteiger partial charge >= 0.3 is 0 Å². The van der Waals surface area contributed by atoms with Crippen LogP contribution in [0, 0.1) is 0 Å². The predicted octanol–water partition coefficient (Wildman–Crippen LogP) is 2.58. The summed E-state index contributed by atoms with van der Waals surface area (Å²) in [6.07, 6.45) is 0. The van der Waals surface area contributed by atoms with Crippen molar-refractivity contribution in [3.63, 3.8) is 0 Å². The van der Waals surface area contributed by atoms with Gasteiger partial charge in [0.05, 0.1) is 0 Å². The van der Waals surface area contributed by atoms with Gasteiger partial charge in [0.15, 0.2) is 0 Å². The Bertz CT molecular complexity index is 220. The van der Waals surface area contributed by atoms with Gasteiger partial charge in [0.25, 0.3) is 0 Å². The van der Waals surface area contributed by atoms with Crippen molar-refractivity contribution < 1.29 is 0 Å². The quantitative estimate of drug-likeness (QED) is 0.712. The molecule has 0 aromatic heterocycles. The van der Waals surface area contributed by atoms with Crippen molar-refractivity contribution in [1.29, 1.82) is 0 Å². The molecule has 0 aliphatic rings. The molecule has 0 saturated carbocycles. The van der Waals surface area contributed by atoms with Crippen molar-refractivity contribution in [1.82, 2.24) is 0 Å². The first-order chi connectivity index (χ1) is 5.24. The molecule has 0 radical (unpaired) electrons. The molecule has 0 saturated heterocycles. The number of hydrogen-bond donors (Lipinski definition) is 1. The molecule has 1 aromatic rings. The summed E-state index contributed by atoms with van der Waals surface area (Å²) in [6.45, 7) is 0. The van der Waals surface area contributed by atoms with Gasteiger partial charge in [0, 0.05) is 16.9 Å². The Balaban J connectivity index is 2.81. The molecule has 0 amide bonds. The molecule has 0 spiro atoms. The summed E-state index contributed by atoms with van der Waals surface area (Å²) in [5.74, 6) is 0.432. The molecule has 0 fully saturated rings. The van der Waals surface area contributed by atoms with E-state index < -0.39 is 0 Å². The van der Waals surface area contributed by atoms with Crippen LogP contribution >= 0.6 is 23.2 Å². The Morgan fingerprint density at radius 3 is 2.27 bits per heavy atom. The van der Waals surface area contributed by atoms with Crippen LogP contribution in [0.5, 0.6) is 0 Å². The summed E-state index contributed by atoms with van der Waals surface area (Å²) in [4.78, 5) is 0. The van der Waals surface area contributed by atoms with E-state index in [0.717, 1.165) is 10.6 Å². The molecule has 1 rings (SSSR count). The van der Waals surface area contributed by atoms with Crippen LogP contribution in [0.2, 0.25) is 5.02 Å². The van der Waals surface area contributed by atoms with Crippen molar-refractivity contribution in [2.24, 2.45) is 5.73 Å². The lowest BCUT2D eigenvalue weighted by molar-refractivity contribution is 0.826. The third-order valence-electron chi connectivity index (χ3n) is 1.46. The summed E-state index contributed by atoms with van der Waals surface area (Å²) >= 11 is 11.3. The van der Waals surface area contributed by atoms with E-state index in [1.54, 1.807) is 0 Å². The maximum absolute atomic E-state index is 5.69. The summed E-state index contributed by atoms with van der Waals surface area (Å²) in [7, 11) is 0. The second kappa shape index (κ2) is 3.96. The summed E-state index contributed by atoms with van der Waals surface area (Å²) in [5.41, 5.74) is 6.69. The van der Waals surface area contributed by atoms with Crippen molar-refractivity contribution in [2.75, 3.05) is 5.88 Å². The van der Waals surface area contributed by atoms with Gasteiger partial charge in [0.1, 0.15) is 0 Å². The van der Waals surface area contributed by atoms with Gasteiger partial charge in [-0.05, 0) is 17.7 Å². The van der Waals surface area contributed by atoms with E-state index in [1.807, 2.05) is 24.3 Å². The number of rotatable bonds is 2. The SMILES string of the molecule is N[C@@H](CCl)c1ccc(Cl)cc1. The fourth-order valence-corrected chi connectivity index (χ4v) is 1.10. The van der Waals surface area contributed by atoms with Gasteiger partial charge in [-0.25, -0.2) is 0 Å². The normalized spacial score (nSPS) is 13.0. The van der Waals surface area contributed by atoms with E-state index in [0.29, 0.717) is 5.88 Å². The Morgan fingerprint density at radius 1 is 1.27 bits per heavy atom. The summed E-state index contributed by atoms with van der Waals surface area (Å²) in [5, 5.41) is 0.718. The molecule has 11 heavy (non-hydrogen) atoms. The highest BCUT2D eigenvalue weighted by Gasteiger charge is 2.02. The van der Waals surface area contributed by atoms with Gasteiger partial charge in [-0.2, -0.15) is 0 Å². The lowest BCUT2D eigenvalue weighted by atomic mass is 10.1. The monoisotopic (exact) mass is 189 g/mol. The minimum Gasteiger partial charge on any atom is -0.323 e. The van der Waals surface area contributed by atoms with Crippen LogP contribution in [-0.2, 0) is 0 Å². The first-order valence-corrected chi connectivity index (χ1v) is 4.22. The molecule has 2 N–H and O–H groups in total. The second-order valence-corrected chi connectivity index (χ2v) is 3.06. The highest BCUT2D eigenvalue weighted by atomic mass is 35.5. The molecule has 1 nitrogen and oxygen atoms in total. The lowest BCUT2D eigenvalue weighted by Gasteiger charge is -2.06. The zero-order valence-corrected chi connectivity index (χ0v) is 7.44. The van der Waals surface area contributed by atoms with Gasteiger partial charge in [-0.1, -0.05) is 23.7 Å².